The van der Waals surface area contributed by atoms with Crippen LogP contribution in [-0.4, -0.2) is 31.2 Å². The Bertz CT molecular complexity index is 672. The van der Waals surface area contributed by atoms with Gasteiger partial charge in [-0.15, -0.1) is 12.4 Å². The number of nitrogens with zero attached hydrogens (tertiary/aromatic N) is 2. The monoisotopic (exact) mass is 409 g/mol. The van der Waals surface area contributed by atoms with E-state index in [-0.39, 0.29) is 12.4 Å². The van der Waals surface area contributed by atoms with Gasteiger partial charge in [0.05, 0.1) is 31.4 Å². The lowest BCUT2D eigenvalue weighted by molar-refractivity contribution is 0.589. The van der Waals surface area contributed by atoms with Crippen LogP contribution in [0.15, 0.2) is 16.6 Å². The van der Waals surface area contributed by atoms with E-state index in [1.165, 1.54) is 0 Å². The van der Waals surface area contributed by atoms with E-state index in [4.69, 9.17) is 23.2 Å². The first kappa shape index (κ1) is 17.1. The van der Waals surface area contributed by atoms with E-state index in [9.17, 15) is 0 Å². The molecule has 114 valence electrons. The summed E-state index contributed by atoms with van der Waals surface area (Å²) in [5, 5.41) is 5.61. The molecule has 0 unspecified atom stereocenters. The standard InChI is InChI=1S/C14H14BrCl2N3.ClH/c1-8-12(15)14(20-6-4-18-5-7-20)11-9(16)2-3-10(17)13(11)19-8;/h2-3,18H,4-7H2,1H3;1H. The predicted molar refractivity (Wildman–Crippen MR) is 96.5 cm³/mol. The fraction of sp³-hybridized carbons (Fsp3) is 0.357. The summed E-state index contributed by atoms with van der Waals surface area (Å²) in [7, 11) is 0. The number of hydrogen-bond acceptors (Lipinski definition) is 3. The topological polar surface area (TPSA) is 28.2 Å². The van der Waals surface area contributed by atoms with E-state index in [0.29, 0.717) is 10.0 Å². The highest BCUT2D eigenvalue weighted by molar-refractivity contribution is 9.10. The van der Waals surface area contributed by atoms with Crippen LogP contribution in [0.25, 0.3) is 10.9 Å². The van der Waals surface area contributed by atoms with Crippen molar-refractivity contribution < 1.29 is 0 Å². The van der Waals surface area contributed by atoms with Crippen molar-refractivity contribution in [1.29, 1.82) is 0 Å². The number of nitrogens with one attached hydrogen (secondary N) is 1. The third-order valence-corrected chi connectivity index (χ3v) is 5.12. The number of aryl methyl sites for hydroxylation is 1. The second-order valence-corrected chi connectivity index (χ2v) is 6.46. The SMILES string of the molecule is Cc1nc2c(Cl)ccc(Cl)c2c(N2CCNCC2)c1Br.Cl. The van der Waals surface area contributed by atoms with Crippen molar-refractivity contribution in [3.8, 4) is 0 Å². The molecule has 3 rings (SSSR count). The molecule has 1 aromatic heterocycles. The van der Waals surface area contributed by atoms with Crippen molar-refractivity contribution in [3.05, 3.63) is 32.3 Å². The first-order valence-electron chi connectivity index (χ1n) is 6.49. The quantitative estimate of drug-likeness (QED) is 0.752. The van der Waals surface area contributed by atoms with Crippen LogP contribution >= 0.6 is 51.5 Å². The maximum absolute atomic E-state index is 6.42. The van der Waals surface area contributed by atoms with E-state index in [0.717, 1.165) is 52.9 Å². The Labute approximate surface area is 148 Å². The van der Waals surface area contributed by atoms with Crippen LogP contribution in [0, 0.1) is 6.92 Å². The van der Waals surface area contributed by atoms with Gasteiger partial charge in [0.15, 0.2) is 0 Å². The number of rotatable bonds is 1. The average molecular weight is 412 g/mol. The summed E-state index contributed by atoms with van der Waals surface area (Å²) in [6.45, 7) is 5.80. The summed E-state index contributed by atoms with van der Waals surface area (Å²) in [6, 6.07) is 3.63. The minimum Gasteiger partial charge on any atom is -0.367 e. The number of halogens is 4. The minimum atomic E-state index is 0. The van der Waals surface area contributed by atoms with E-state index < -0.39 is 0 Å². The number of anilines is 1. The normalized spacial score (nSPS) is 15.1. The molecule has 3 nitrogen and oxygen atoms in total. The van der Waals surface area contributed by atoms with Gasteiger partial charge < -0.3 is 10.2 Å². The molecule has 0 amide bonds. The highest BCUT2D eigenvalue weighted by Gasteiger charge is 2.21. The summed E-state index contributed by atoms with van der Waals surface area (Å²) in [4.78, 5) is 6.92. The predicted octanol–water partition coefficient (Wildman–Crippen LogP) is 4.44. The van der Waals surface area contributed by atoms with Crippen molar-refractivity contribution in [2.45, 2.75) is 6.92 Å². The number of benzene rings is 1. The Hall–Kier alpha value is -0.260. The molecular formula is C14H15BrCl3N3. The van der Waals surface area contributed by atoms with Crippen LogP contribution in [0.4, 0.5) is 5.69 Å². The molecular weight excluding hydrogens is 396 g/mol. The molecule has 1 saturated heterocycles. The number of fused-ring (bicyclic) bond motifs is 1. The third kappa shape index (κ3) is 3.10. The molecule has 7 heteroatoms. The van der Waals surface area contributed by atoms with Crippen LogP contribution in [0.2, 0.25) is 10.0 Å². The minimum absolute atomic E-state index is 0. The fourth-order valence-corrected chi connectivity index (χ4v) is 3.54. The third-order valence-electron chi connectivity index (χ3n) is 3.55. The lowest BCUT2D eigenvalue weighted by atomic mass is 10.1. The Morgan fingerprint density at radius 2 is 1.81 bits per heavy atom. The van der Waals surface area contributed by atoms with Gasteiger partial charge in [-0.3, -0.25) is 4.98 Å². The Morgan fingerprint density at radius 3 is 2.48 bits per heavy atom. The molecule has 1 aliphatic rings. The molecule has 2 aromatic rings. The Kier molecular flexibility index (Phi) is 5.60. The summed E-state index contributed by atoms with van der Waals surface area (Å²) in [5.41, 5.74) is 2.80. The van der Waals surface area contributed by atoms with Gasteiger partial charge in [0.2, 0.25) is 0 Å². The molecule has 2 heterocycles. The van der Waals surface area contributed by atoms with Gasteiger partial charge in [-0.05, 0) is 35.0 Å². The highest BCUT2D eigenvalue weighted by Crippen LogP contribution is 2.41. The van der Waals surface area contributed by atoms with Gasteiger partial charge in [0, 0.05) is 31.6 Å². The molecule has 0 saturated carbocycles. The van der Waals surface area contributed by atoms with Gasteiger partial charge in [0.1, 0.15) is 0 Å². The first-order valence-corrected chi connectivity index (χ1v) is 8.04. The number of aromatic nitrogens is 1. The van der Waals surface area contributed by atoms with Crippen LogP contribution in [0.1, 0.15) is 5.69 Å². The van der Waals surface area contributed by atoms with E-state index in [1.807, 2.05) is 13.0 Å². The lowest BCUT2D eigenvalue weighted by Crippen LogP contribution is -2.43. The van der Waals surface area contributed by atoms with Crippen LogP contribution in [-0.2, 0) is 0 Å². The molecule has 0 atom stereocenters. The van der Waals surface area contributed by atoms with E-state index >= 15 is 0 Å². The summed E-state index contributed by atoms with van der Waals surface area (Å²) in [5.74, 6) is 0. The van der Waals surface area contributed by atoms with Gasteiger partial charge in [-0.2, -0.15) is 0 Å². The van der Waals surface area contributed by atoms with Gasteiger partial charge in [-0.1, -0.05) is 23.2 Å². The van der Waals surface area contributed by atoms with Gasteiger partial charge >= 0.3 is 0 Å². The van der Waals surface area contributed by atoms with Crippen molar-refractivity contribution in [3.63, 3.8) is 0 Å². The average Bonchev–Trinajstić information content (AvgIpc) is 2.46. The molecule has 1 fully saturated rings. The summed E-state index contributed by atoms with van der Waals surface area (Å²) in [6.07, 6.45) is 0. The maximum Gasteiger partial charge on any atom is 0.0928 e. The van der Waals surface area contributed by atoms with E-state index in [2.05, 4.69) is 31.1 Å². The molecule has 21 heavy (non-hydrogen) atoms. The zero-order chi connectivity index (χ0) is 14.3. The van der Waals surface area contributed by atoms with Gasteiger partial charge in [0.25, 0.3) is 0 Å². The van der Waals surface area contributed by atoms with Crippen LogP contribution in [0.5, 0.6) is 0 Å². The van der Waals surface area contributed by atoms with Crippen molar-refractivity contribution >= 4 is 68.1 Å². The molecule has 1 N–H and O–H groups in total. The van der Waals surface area contributed by atoms with Crippen LogP contribution in [0.3, 0.4) is 0 Å². The molecule has 0 bridgehead atoms. The highest BCUT2D eigenvalue weighted by atomic mass is 79.9. The van der Waals surface area contributed by atoms with E-state index in [1.54, 1.807) is 6.07 Å². The second kappa shape index (κ2) is 6.88. The van der Waals surface area contributed by atoms with Crippen LogP contribution < -0.4 is 10.2 Å². The van der Waals surface area contributed by atoms with Crippen molar-refractivity contribution in [1.82, 2.24) is 10.3 Å². The molecule has 0 spiro atoms. The maximum atomic E-state index is 6.42. The number of piperazine rings is 1. The largest absolute Gasteiger partial charge is 0.367 e. The first-order chi connectivity index (χ1) is 9.59. The van der Waals surface area contributed by atoms with Gasteiger partial charge in [-0.25, -0.2) is 0 Å². The Morgan fingerprint density at radius 1 is 1.19 bits per heavy atom. The fourth-order valence-electron chi connectivity index (χ4n) is 2.56. The van der Waals surface area contributed by atoms with Crippen molar-refractivity contribution in [2.24, 2.45) is 0 Å². The molecule has 1 aromatic carbocycles. The smallest absolute Gasteiger partial charge is 0.0928 e. The number of pyridine rings is 1. The molecule has 0 radical (unpaired) electrons. The number of hydrogen-bond donors (Lipinski definition) is 1. The molecule has 0 aliphatic carbocycles. The zero-order valence-corrected chi connectivity index (χ0v) is 15.3. The summed E-state index contributed by atoms with van der Waals surface area (Å²) < 4.78 is 0.996. The Balaban J connectivity index is 0.00000161. The molecule has 1 aliphatic heterocycles. The lowest BCUT2D eigenvalue weighted by Gasteiger charge is -2.32. The van der Waals surface area contributed by atoms with Crippen molar-refractivity contribution in [2.75, 3.05) is 31.1 Å². The second-order valence-electron chi connectivity index (χ2n) is 4.85. The zero-order valence-electron chi connectivity index (χ0n) is 11.4. The summed E-state index contributed by atoms with van der Waals surface area (Å²) >= 11 is 16.4.